The minimum atomic E-state index is -0.161. The molecule has 46 valence electrons. The van der Waals surface area contributed by atoms with Gasteiger partial charge in [-0.15, -0.1) is 0 Å². The van der Waals surface area contributed by atoms with Crippen LogP contribution in [0.15, 0.2) is 9.66 Å². The number of aliphatic hydroxyl groups excluding tert-OH is 1. The van der Waals surface area contributed by atoms with Crippen molar-refractivity contribution in [2.24, 2.45) is 5.92 Å². The van der Waals surface area contributed by atoms with Gasteiger partial charge in [0, 0.05) is 3.58 Å². The van der Waals surface area contributed by atoms with Gasteiger partial charge < -0.3 is 5.11 Å². The molecule has 0 unspecified atom stereocenters. The van der Waals surface area contributed by atoms with Gasteiger partial charge in [-0.2, -0.15) is 0 Å². The van der Waals surface area contributed by atoms with E-state index in [9.17, 15) is 0 Å². The van der Waals surface area contributed by atoms with Gasteiger partial charge >= 0.3 is 0 Å². The molecule has 0 saturated carbocycles. The van der Waals surface area contributed by atoms with Crippen molar-refractivity contribution in [3.05, 3.63) is 9.66 Å². The molecule has 1 rings (SSSR count). The fourth-order valence-electron chi connectivity index (χ4n) is 0.916. The van der Waals surface area contributed by atoms with Crippen molar-refractivity contribution in [2.75, 3.05) is 0 Å². The number of hydrogen-bond donors (Lipinski definition) is 1. The largest absolute Gasteiger partial charge is 0.388 e. The van der Waals surface area contributed by atoms with Crippen molar-refractivity contribution >= 4 is 22.6 Å². The molecule has 0 aromatic carbocycles. The number of hydrogen-bond acceptors (Lipinski definition) is 1. The van der Waals surface area contributed by atoms with Crippen LogP contribution in [0.4, 0.5) is 0 Å². The first-order valence-corrected chi connectivity index (χ1v) is 3.83. The van der Waals surface area contributed by atoms with Crippen LogP contribution in [0, 0.1) is 5.92 Å². The lowest BCUT2D eigenvalue weighted by Crippen LogP contribution is -2.01. The molecule has 1 N–H and O–H groups in total. The lowest BCUT2D eigenvalue weighted by Gasteiger charge is -1.99. The minimum Gasteiger partial charge on any atom is -0.388 e. The molecule has 0 aromatic rings. The van der Waals surface area contributed by atoms with E-state index in [-0.39, 0.29) is 6.10 Å². The number of halogens is 1. The second-order valence-corrected chi connectivity index (χ2v) is 3.53. The van der Waals surface area contributed by atoms with Crippen LogP contribution in [0.5, 0.6) is 0 Å². The van der Waals surface area contributed by atoms with Crippen LogP contribution in [0.3, 0.4) is 0 Å². The number of aliphatic hydroxyl groups is 1. The van der Waals surface area contributed by atoms with Gasteiger partial charge in [-0.05, 0) is 34.9 Å². The molecule has 0 saturated heterocycles. The summed E-state index contributed by atoms with van der Waals surface area (Å²) in [4.78, 5) is 0. The zero-order valence-electron chi connectivity index (χ0n) is 4.76. The highest BCUT2D eigenvalue weighted by atomic mass is 127. The van der Waals surface area contributed by atoms with E-state index in [1.807, 2.05) is 0 Å². The van der Waals surface area contributed by atoms with E-state index < -0.39 is 0 Å². The molecule has 0 amide bonds. The Balaban J connectivity index is 2.59. The maximum atomic E-state index is 9.09. The van der Waals surface area contributed by atoms with Crippen LogP contribution in [0.25, 0.3) is 0 Å². The monoisotopic (exact) mass is 224 g/mol. The Morgan fingerprint density at radius 3 is 2.62 bits per heavy atom. The lowest BCUT2D eigenvalue weighted by atomic mass is 10.1. The highest BCUT2D eigenvalue weighted by Crippen LogP contribution is 2.28. The Morgan fingerprint density at radius 2 is 2.50 bits per heavy atom. The predicted octanol–water partition coefficient (Wildman–Crippen LogP) is 1.71. The first-order valence-electron chi connectivity index (χ1n) is 2.75. The summed E-state index contributed by atoms with van der Waals surface area (Å²) in [5, 5.41) is 9.09. The minimum absolute atomic E-state index is 0.161. The highest BCUT2D eigenvalue weighted by Gasteiger charge is 2.18. The van der Waals surface area contributed by atoms with E-state index in [4.69, 9.17) is 5.11 Å². The Bertz CT molecular complexity index is 120. The van der Waals surface area contributed by atoms with Crippen molar-refractivity contribution in [1.29, 1.82) is 0 Å². The molecule has 2 heteroatoms. The Hall–Kier alpha value is 0.430. The molecule has 0 heterocycles. The molecule has 1 aliphatic rings. The van der Waals surface area contributed by atoms with Gasteiger partial charge in [0.05, 0.1) is 6.10 Å². The third-order valence-corrected chi connectivity index (χ3v) is 2.44. The topological polar surface area (TPSA) is 20.2 Å². The average Bonchev–Trinajstić information content (AvgIpc) is 1.85. The molecule has 2 atom stereocenters. The maximum absolute atomic E-state index is 9.09. The van der Waals surface area contributed by atoms with E-state index in [1.54, 1.807) is 0 Å². The van der Waals surface area contributed by atoms with Gasteiger partial charge in [0.15, 0.2) is 0 Å². The Morgan fingerprint density at radius 1 is 1.88 bits per heavy atom. The molecular formula is C6H9IO. The SMILES string of the molecule is C[C@@H]1C=C(I)[C@H](O)C1. The summed E-state index contributed by atoms with van der Waals surface area (Å²) >= 11 is 2.18. The molecular weight excluding hydrogens is 215 g/mol. The van der Waals surface area contributed by atoms with Gasteiger partial charge in [-0.25, -0.2) is 0 Å². The third kappa shape index (κ3) is 1.23. The van der Waals surface area contributed by atoms with Crippen molar-refractivity contribution in [3.63, 3.8) is 0 Å². The Labute approximate surface area is 62.9 Å². The van der Waals surface area contributed by atoms with E-state index in [2.05, 4.69) is 35.6 Å². The van der Waals surface area contributed by atoms with Crippen LogP contribution >= 0.6 is 22.6 Å². The second kappa shape index (κ2) is 2.35. The Kier molecular flexibility index (Phi) is 1.92. The maximum Gasteiger partial charge on any atom is 0.0849 e. The van der Waals surface area contributed by atoms with Crippen molar-refractivity contribution < 1.29 is 5.11 Å². The number of allylic oxidation sites excluding steroid dienone is 1. The van der Waals surface area contributed by atoms with Crippen LogP contribution in [0.1, 0.15) is 13.3 Å². The summed E-state index contributed by atoms with van der Waals surface area (Å²) in [5.41, 5.74) is 0. The number of rotatable bonds is 0. The zero-order valence-corrected chi connectivity index (χ0v) is 6.92. The van der Waals surface area contributed by atoms with Gasteiger partial charge in [0.2, 0.25) is 0 Å². The van der Waals surface area contributed by atoms with Gasteiger partial charge in [-0.1, -0.05) is 13.0 Å². The predicted molar refractivity (Wildman–Crippen MR) is 41.9 cm³/mol. The smallest absolute Gasteiger partial charge is 0.0849 e. The summed E-state index contributed by atoms with van der Waals surface area (Å²) in [6.45, 7) is 2.12. The summed E-state index contributed by atoms with van der Waals surface area (Å²) in [5.74, 6) is 0.580. The summed E-state index contributed by atoms with van der Waals surface area (Å²) in [7, 11) is 0. The average molecular weight is 224 g/mol. The van der Waals surface area contributed by atoms with Crippen LogP contribution in [0.2, 0.25) is 0 Å². The second-order valence-electron chi connectivity index (χ2n) is 2.28. The van der Waals surface area contributed by atoms with Gasteiger partial charge in [0.25, 0.3) is 0 Å². The summed E-state index contributed by atoms with van der Waals surface area (Å²) in [6, 6.07) is 0. The molecule has 1 nitrogen and oxygen atoms in total. The normalized spacial score (nSPS) is 37.6. The third-order valence-electron chi connectivity index (χ3n) is 1.36. The van der Waals surface area contributed by atoms with E-state index in [0.717, 1.165) is 10.0 Å². The van der Waals surface area contributed by atoms with Crippen molar-refractivity contribution in [1.82, 2.24) is 0 Å². The van der Waals surface area contributed by atoms with Crippen molar-refractivity contribution in [3.8, 4) is 0 Å². The molecule has 0 bridgehead atoms. The summed E-state index contributed by atoms with van der Waals surface area (Å²) in [6.07, 6.45) is 2.87. The molecule has 0 radical (unpaired) electrons. The van der Waals surface area contributed by atoms with Gasteiger partial charge in [0.1, 0.15) is 0 Å². The fourth-order valence-corrected chi connectivity index (χ4v) is 1.78. The molecule has 8 heavy (non-hydrogen) atoms. The van der Waals surface area contributed by atoms with Crippen LogP contribution in [-0.2, 0) is 0 Å². The molecule has 0 fully saturated rings. The first-order chi connectivity index (χ1) is 3.70. The fraction of sp³-hybridized carbons (Fsp3) is 0.667. The lowest BCUT2D eigenvalue weighted by molar-refractivity contribution is 0.211. The van der Waals surface area contributed by atoms with Crippen LogP contribution < -0.4 is 0 Å². The van der Waals surface area contributed by atoms with E-state index in [0.29, 0.717) is 5.92 Å². The molecule has 0 aromatic heterocycles. The first kappa shape index (κ1) is 6.55. The highest BCUT2D eigenvalue weighted by molar-refractivity contribution is 14.1. The zero-order chi connectivity index (χ0) is 6.15. The van der Waals surface area contributed by atoms with E-state index >= 15 is 0 Å². The van der Waals surface area contributed by atoms with Crippen molar-refractivity contribution in [2.45, 2.75) is 19.4 Å². The quantitative estimate of drug-likeness (QED) is 0.621. The molecule has 1 aliphatic carbocycles. The molecule has 0 spiro atoms. The summed E-state index contributed by atoms with van der Waals surface area (Å²) < 4.78 is 1.11. The van der Waals surface area contributed by atoms with E-state index in [1.165, 1.54) is 0 Å². The molecule has 0 aliphatic heterocycles. The van der Waals surface area contributed by atoms with Gasteiger partial charge in [-0.3, -0.25) is 0 Å². The standard InChI is InChI=1S/C6H9IO/c1-4-2-5(7)6(8)3-4/h2,4,6,8H,3H2,1H3/t4-,6-/m1/s1. The van der Waals surface area contributed by atoms with Crippen LogP contribution in [-0.4, -0.2) is 11.2 Å².